The summed E-state index contributed by atoms with van der Waals surface area (Å²) in [4.78, 5) is 14.9. The van der Waals surface area contributed by atoms with Gasteiger partial charge in [-0.15, -0.1) is 5.10 Å². The first kappa shape index (κ1) is 12.5. The predicted molar refractivity (Wildman–Crippen MR) is 61.9 cm³/mol. The zero-order chi connectivity index (χ0) is 13.1. The number of benzene rings is 1. The Labute approximate surface area is 107 Å². The second kappa shape index (κ2) is 5.14. The van der Waals surface area contributed by atoms with Gasteiger partial charge in [-0.05, 0) is 17.7 Å². The highest BCUT2D eigenvalue weighted by atomic mass is 35.5. The quantitative estimate of drug-likeness (QED) is 0.799. The first-order valence-electron chi connectivity index (χ1n) is 5.02. The Morgan fingerprint density at radius 2 is 2.33 bits per heavy atom. The van der Waals surface area contributed by atoms with Gasteiger partial charge >= 0.3 is 5.97 Å². The monoisotopic (exact) mass is 269 g/mol. The molecule has 0 radical (unpaired) electrons. The first-order chi connectivity index (χ1) is 8.60. The van der Waals surface area contributed by atoms with Gasteiger partial charge in [-0.25, -0.2) is 18.9 Å². The maximum atomic E-state index is 12.9. The first-order valence-corrected chi connectivity index (χ1v) is 5.39. The zero-order valence-electron chi connectivity index (χ0n) is 9.43. The Morgan fingerprint density at radius 3 is 3.00 bits per heavy atom. The van der Waals surface area contributed by atoms with E-state index >= 15 is 0 Å². The highest BCUT2D eigenvalue weighted by molar-refractivity contribution is 6.31. The van der Waals surface area contributed by atoms with E-state index in [-0.39, 0.29) is 5.82 Å². The molecule has 5 nitrogen and oxygen atoms in total. The molecule has 1 aromatic heterocycles. The summed E-state index contributed by atoms with van der Waals surface area (Å²) in [5.41, 5.74) is 0.680. The third-order valence-electron chi connectivity index (χ3n) is 2.25. The highest BCUT2D eigenvalue weighted by Gasteiger charge is 2.12. The molecule has 0 aliphatic rings. The van der Waals surface area contributed by atoms with E-state index in [1.165, 1.54) is 30.3 Å². The van der Waals surface area contributed by atoms with Crippen LogP contribution in [-0.2, 0) is 11.3 Å². The lowest BCUT2D eigenvalue weighted by Crippen LogP contribution is -2.06. The van der Waals surface area contributed by atoms with Crippen molar-refractivity contribution in [2.45, 2.75) is 6.54 Å². The van der Waals surface area contributed by atoms with Crippen LogP contribution < -0.4 is 0 Å². The van der Waals surface area contributed by atoms with Crippen LogP contribution in [0.1, 0.15) is 16.2 Å². The molecule has 2 rings (SSSR count). The van der Waals surface area contributed by atoms with Crippen molar-refractivity contribution in [3.8, 4) is 0 Å². The smallest absolute Gasteiger partial charge is 0.377 e. The largest absolute Gasteiger partial charge is 0.463 e. The van der Waals surface area contributed by atoms with Crippen LogP contribution in [0.5, 0.6) is 0 Å². The Bertz CT molecular complexity index is 585. The number of hydrogen-bond donors (Lipinski definition) is 0. The summed E-state index contributed by atoms with van der Waals surface area (Å²) in [6, 6.07) is 4.07. The summed E-state index contributed by atoms with van der Waals surface area (Å²) in [6.07, 6.45) is 1.38. The van der Waals surface area contributed by atoms with Crippen molar-refractivity contribution in [2.24, 2.45) is 0 Å². The number of carbonyl (C=O) groups excluding carboxylic acids is 1. The third kappa shape index (κ3) is 2.65. The average Bonchev–Trinajstić information content (AvgIpc) is 2.80. The lowest BCUT2D eigenvalue weighted by Gasteiger charge is -2.03. The molecule has 18 heavy (non-hydrogen) atoms. The summed E-state index contributed by atoms with van der Waals surface area (Å²) < 4.78 is 18.8. The van der Waals surface area contributed by atoms with Crippen LogP contribution in [0.4, 0.5) is 4.39 Å². The van der Waals surface area contributed by atoms with E-state index in [0.717, 1.165) is 0 Å². The normalized spacial score (nSPS) is 10.4. The fourth-order valence-electron chi connectivity index (χ4n) is 1.38. The molecule has 94 valence electrons. The number of esters is 1. The van der Waals surface area contributed by atoms with Gasteiger partial charge in [0, 0.05) is 5.02 Å². The van der Waals surface area contributed by atoms with Gasteiger partial charge in [0.15, 0.2) is 0 Å². The van der Waals surface area contributed by atoms with E-state index < -0.39 is 11.8 Å². The minimum atomic E-state index is -0.612. The number of nitrogens with zero attached hydrogens (tertiary/aromatic N) is 3. The molecule has 1 aromatic carbocycles. The summed E-state index contributed by atoms with van der Waals surface area (Å²) in [7, 11) is 1.25. The number of methoxy groups -OCH3 is 1. The molecule has 0 spiro atoms. The second-order valence-electron chi connectivity index (χ2n) is 3.49. The van der Waals surface area contributed by atoms with Gasteiger partial charge in [0.1, 0.15) is 12.1 Å². The van der Waals surface area contributed by atoms with Gasteiger partial charge in [-0.3, -0.25) is 0 Å². The fourth-order valence-corrected chi connectivity index (χ4v) is 1.61. The van der Waals surface area contributed by atoms with Crippen LogP contribution in [0.2, 0.25) is 5.02 Å². The summed E-state index contributed by atoms with van der Waals surface area (Å²) in [5.74, 6) is -1.05. The van der Waals surface area contributed by atoms with Crippen LogP contribution >= 0.6 is 11.6 Å². The van der Waals surface area contributed by atoms with Crippen LogP contribution in [-0.4, -0.2) is 27.8 Å². The number of ether oxygens (including phenoxy) is 1. The maximum absolute atomic E-state index is 12.9. The van der Waals surface area contributed by atoms with E-state index in [1.807, 2.05) is 0 Å². The van der Waals surface area contributed by atoms with Gasteiger partial charge in [0.05, 0.1) is 13.7 Å². The Hall–Kier alpha value is -1.95. The van der Waals surface area contributed by atoms with Gasteiger partial charge in [0.25, 0.3) is 5.82 Å². The lowest BCUT2D eigenvalue weighted by atomic mass is 10.2. The molecule has 0 atom stereocenters. The van der Waals surface area contributed by atoms with E-state index in [4.69, 9.17) is 11.6 Å². The number of rotatable bonds is 3. The van der Waals surface area contributed by atoms with Crippen LogP contribution in [0.25, 0.3) is 0 Å². The highest BCUT2D eigenvalue weighted by Crippen LogP contribution is 2.17. The van der Waals surface area contributed by atoms with Crippen molar-refractivity contribution in [1.82, 2.24) is 14.8 Å². The molecule has 7 heteroatoms. The topological polar surface area (TPSA) is 57.0 Å². The predicted octanol–water partition coefficient (Wildman–Crippen LogP) is 1.91. The molecule has 0 aliphatic carbocycles. The second-order valence-corrected chi connectivity index (χ2v) is 3.90. The fraction of sp³-hybridized carbons (Fsp3) is 0.182. The number of hydrogen-bond acceptors (Lipinski definition) is 4. The molecule has 0 amide bonds. The lowest BCUT2D eigenvalue weighted by molar-refractivity contribution is 0.0586. The molecular weight excluding hydrogens is 261 g/mol. The van der Waals surface area contributed by atoms with E-state index in [2.05, 4.69) is 14.8 Å². The van der Waals surface area contributed by atoms with E-state index in [0.29, 0.717) is 17.1 Å². The Balaban J connectivity index is 2.18. The van der Waals surface area contributed by atoms with Crippen molar-refractivity contribution in [2.75, 3.05) is 7.11 Å². The van der Waals surface area contributed by atoms with Crippen molar-refractivity contribution >= 4 is 17.6 Å². The Morgan fingerprint density at radius 1 is 1.56 bits per heavy atom. The molecule has 0 saturated carbocycles. The Kier molecular flexibility index (Phi) is 3.57. The molecule has 0 N–H and O–H groups in total. The number of aromatic nitrogens is 3. The standard InChI is InChI=1S/C11H9ClFN3O2/c1-18-11(17)10-14-6-16(15-10)5-7-2-3-8(13)4-9(7)12/h2-4,6H,5H2,1H3. The minimum Gasteiger partial charge on any atom is -0.463 e. The van der Waals surface area contributed by atoms with Gasteiger partial charge in [-0.1, -0.05) is 17.7 Å². The van der Waals surface area contributed by atoms with Crippen LogP contribution in [0.15, 0.2) is 24.5 Å². The third-order valence-corrected chi connectivity index (χ3v) is 2.60. The molecule has 1 heterocycles. The van der Waals surface area contributed by atoms with Crippen molar-refractivity contribution in [3.63, 3.8) is 0 Å². The average molecular weight is 270 g/mol. The summed E-state index contributed by atoms with van der Waals surface area (Å²) in [6.45, 7) is 0.295. The SMILES string of the molecule is COC(=O)c1ncn(Cc2ccc(F)cc2Cl)n1. The zero-order valence-corrected chi connectivity index (χ0v) is 10.2. The molecule has 0 saturated heterocycles. The van der Waals surface area contributed by atoms with Gasteiger partial charge < -0.3 is 4.74 Å². The molecular formula is C11H9ClFN3O2. The summed E-state index contributed by atoms with van der Waals surface area (Å²) >= 11 is 5.88. The van der Waals surface area contributed by atoms with Crippen LogP contribution in [0.3, 0.4) is 0 Å². The van der Waals surface area contributed by atoms with Crippen molar-refractivity contribution in [1.29, 1.82) is 0 Å². The molecule has 0 aliphatic heterocycles. The molecule has 0 unspecified atom stereocenters. The van der Waals surface area contributed by atoms with E-state index in [9.17, 15) is 9.18 Å². The molecule has 0 bridgehead atoms. The number of halogens is 2. The van der Waals surface area contributed by atoms with Gasteiger partial charge in [0.2, 0.25) is 0 Å². The van der Waals surface area contributed by atoms with Crippen molar-refractivity contribution < 1.29 is 13.9 Å². The maximum Gasteiger partial charge on any atom is 0.377 e. The minimum absolute atomic E-state index is 0.0317. The number of carbonyl (C=O) groups is 1. The van der Waals surface area contributed by atoms with Crippen LogP contribution in [0, 0.1) is 5.82 Å². The molecule has 0 fully saturated rings. The van der Waals surface area contributed by atoms with E-state index in [1.54, 1.807) is 6.07 Å². The van der Waals surface area contributed by atoms with Gasteiger partial charge in [-0.2, -0.15) is 0 Å². The van der Waals surface area contributed by atoms with Crippen molar-refractivity contribution in [3.05, 3.63) is 46.8 Å². The summed E-state index contributed by atoms with van der Waals surface area (Å²) in [5, 5.41) is 4.21. The molecule has 2 aromatic rings.